The number of halogens is 2. The van der Waals surface area contributed by atoms with Gasteiger partial charge in [-0.15, -0.1) is 0 Å². The fourth-order valence-corrected chi connectivity index (χ4v) is 4.88. The molecule has 1 aliphatic rings. The van der Waals surface area contributed by atoms with Crippen LogP contribution in [0.15, 0.2) is 36.4 Å². The lowest BCUT2D eigenvalue weighted by Gasteiger charge is -2.25. The highest BCUT2D eigenvalue weighted by Crippen LogP contribution is 2.36. The van der Waals surface area contributed by atoms with Crippen LogP contribution in [0.2, 0.25) is 5.02 Å². The third-order valence-electron chi connectivity index (χ3n) is 6.02. The van der Waals surface area contributed by atoms with Crippen LogP contribution < -0.4 is 5.32 Å². The number of aryl methyl sites for hydroxylation is 2. The zero-order valence-corrected chi connectivity index (χ0v) is 18.0. The number of carboxylic acid groups (broad SMARTS) is 1. The quantitative estimate of drug-likeness (QED) is 0.593. The monoisotopic (exact) mass is 442 g/mol. The lowest BCUT2D eigenvalue weighted by atomic mass is 9.91. The van der Waals surface area contributed by atoms with Crippen molar-refractivity contribution in [3.63, 3.8) is 0 Å². The number of benzene rings is 2. The number of carbonyl (C=O) groups is 2. The highest BCUT2D eigenvalue weighted by Gasteiger charge is 2.28. The molecule has 1 aromatic heterocycles. The Balaban J connectivity index is 1.53. The van der Waals surface area contributed by atoms with E-state index in [-0.39, 0.29) is 23.5 Å². The van der Waals surface area contributed by atoms with Gasteiger partial charge in [-0.3, -0.25) is 9.59 Å². The van der Waals surface area contributed by atoms with E-state index in [0.717, 1.165) is 16.8 Å². The van der Waals surface area contributed by atoms with Crippen LogP contribution in [-0.4, -0.2) is 27.6 Å². The molecule has 1 amide bonds. The predicted octanol–water partition coefficient (Wildman–Crippen LogP) is 4.43. The molecule has 5 nitrogen and oxygen atoms in total. The number of fused-ring (bicyclic) bond motifs is 3. The standard InChI is InChI=1S/C24H24ClFN2O3/c1-14-4-2-3-5-15(14)6-9-22(29)27-17-7-8-21-18(12-17)19-10-16(26)11-20(25)24(19)28(21)13-23(30)31/h2-5,10-11,17H,6-9,12-13H2,1H3,(H,27,29)(H,30,31)/t17-/m0/s1. The first-order chi connectivity index (χ1) is 14.8. The highest BCUT2D eigenvalue weighted by atomic mass is 35.5. The van der Waals surface area contributed by atoms with Gasteiger partial charge >= 0.3 is 5.97 Å². The summed E-state index contributed by atoms with van der Waals surface area (Å²) in [7, 11) is 0. The van der Waals surface area contributed by atoms with Gasteiger partial charge in [0, 0.05) is 23.5 Å². The minimum absolute atomic E-state index is 0.0183. The maximum atomic E-state index is 14.1. The van der Waals surface area contributed by atoms with Gasteiger partial charge in [0.25, 0.3) is 0 Å². The molecule has 0 fully saturated rings. The molecule has 2 aromatic carbocycles. The Morgan fingerprint density at radius 2 is 2.06 bits per heavy atom. The van der Waals surface area contributed by atoms with E-state index in [0.29, 0.717) is 43.0 Å². The molecule has 2 N–H and O–H groups in total. The summed E-state index contributed by atoms with van der Waals surface area (Å²) in [5.41, 5.74) is 4.60. The molecule has 1 aliphatic carbocycles. The largest absolute Gasteiger partial charge is 0.480 e. The number of aliphatic carboxylic acids is 1. The highest BCUT2D eigenvalue weighted by molar-refractivity contribution is 6.35. The topological polar surface area (TPSA) is 71.3 Å². The molecule has 0 unspecified atom stereocenters. The van der Waals surface area contributed by atoms with Gasteiger partial charge in [-0.25, -0.2) is 4.39 Å². The molecule has 0 saturated carbocycles. The van der Waals surface area contributed by atoms with E-state index in [2.05, 4.69) is 5.32 Å². The van der Waals surface area contributed by atoms with Gasteiger partial charge in [-0.1, -0.05) is 35.9 Å². The molecule has 1 atom stereocenters. The Morgan fingerprint density at radius 1 is 1.29 bits per heavy atom. The van der Waals surface area contributed by atoms with Crippen molar-refractivity contribution in [2.75, 3.05) is 0 Å². The molecule has 162 valence electrons. The van der Waals surface area contributed by atoms with E-state index >= 15 is 0 Å². The maximum absolute atomic E-state index is 14.1. The molecule has 0 radical (unpaired) electrons. The summed E-state index contributed by atoms with van der Waals surface area (Å²) in [5.74, 6) is -1.46. The number of amides is 1. The molecular formula is C24H24ClFN2O3. The van der Waals surface area contributed by atoms with Crippen molar-refractivity contribution in [2.45, 2.75) is 51.6 Å². The van der Waals surface area contributed by atoms with Gasteiger partial charge < -0.3 is 15.0 Å². The number of nitrogens with one attached hydrogen (secondary N) is 1. The third kappa shape index (κ3) is 4.44. The summed E-state index contributed by atoms with van der Waals surface area (Å²) in [6.07, 6.45) is 2.89. The molecule has 31 heavy (non-hydrogen) atoms. The first-order valence-electron chi connectivity index (χ1n) is 10.4. The number of hydrogen-bond donors (Lipinski definition) is 2. The van der Waals surface area contributed by atoms with Crippen molar-refractivity contribution in [2.24, 2.45) is 0 Å². The second-order valence-corrected chi connectivity index (χ2v) is 8.53. The van der Waals surface area contributed by atoms with Crippen molar-refractivity contribution in [1.29, 1.82) is 0 Å². The first-order valence-corrected chi connectivity index (χ1v) is 10.8. The minimum Gasteiger partial charge on any atom is -0.480 e. The van der Waals surface area contributed by atoms with Gasteiger partial charge in [-0.05, 0) is 61.4 Å². The number of nitrogens with zero attached hydrogens (tertiary/aromatic N) is 1. The Labute approximate surface area is 184 Å². The van der Waals surface area contributed by atoms with Gasteiger partial charge in [0.1, 0.15) is 12.4 Å². The summed E-state index contributed by atoms with van der Waals surface area (Å²) in [5, 5.41) is 13.3. The fourth-order valence-electron chi connectivity index (χ4n) is 4.57. The van der Waals surface area contributed by atoms with Crippen LogP contribution in [0.1, 0.15) is 35.2 Å². The van der Waals surface area contributed by atoms with Gasteiger partial charge in [0.2, 0.25) is 5.91 Å². The van der Waals surface area contributed by atoms with Gasteiger partial charge in [0.05, 0.1) is 10.5 Å². The molecule has 0 bridgehead atoms. The van der Waals surface area contributed by atoms with Crippen molar-refractivity contribution < 1.29 is 19.1 Å². The Kier molecular flexibility index (Phi) is 6.01. The summed E-state index contributed by atoms with van der Waals surface area (Å²) in [6, 6.07) is 10.6. The fraction of sp³-hybridized carbons (Fsp3) is 0.333. The molecule has 0 saturated heterocycles. The average molecular weight is 443 g/mol. The summed E-state index contributed by atoms with van der Waals surface area (Å²) < 4.78 is 15.7. The van der Waals surface area contributed by atoms with Crippen molar-refractivity contribution >= 4 is 34.4 Å². The molecule has 4 rings (SSSR count). The van der Waals surface area contributed by atoms with E-state index in [4.69, 9.17) is 11.6 Å². The number of rotatable bonds is 6. The molecular weight excluding hydrogens is 419 g/mol. The smallest absolute Gasteiger partial charge is 0.323 e. The maximum Gasteiger partial charge on any atom is 0.323 e. The Morgan fingerprint density at radius 3 is 2.81 bits per heavy atom. The number of carbonyl (C=O) groups excluding carboxylic acids is 1. The van der Waals surface area contributed by atoms with E-state index in [1.165, 1.54) is 17.7 Å². The van der Waals surface area contributed by atoms with Crippen LogP contribution in [0.3, 0.4) is 0 Å². The predicted molar refractivity (Wildman–Crippen MR) is 118 cm³/mol. The van der Waals surface area contributed by atoms with Crippen molar-refractivity contribution in [3.8, 4) is 0 Å². The van der Waals surface area contributed by atoms with Gasteiger partial charge in [0.15, 0.2) is 0 Å². The summed E-state index contributed by atoms with van der Waals surface area (Å²) >= 11 is 6.28. The van der Waals surface area contributed by atoms with Gasteiger partial charge in [-0.2, -0.15) is 0 Å². The van der Waals surface area contributed by atoms with Crippen LogP contribution in [0.5, 0.6) is 0 Å². The zero-order chi connectivity index (χ0) is 22.1. The third-order valence-corrected chi connectivity index (χ3v) is 6.31. The normalized spacial score (nSPS) is 15.6. The number of carboxylic acids is 1. The molecule has 3 aromatic rings. The second-order valence-electron chi connectivity index (χ2n) is 8.12. The summed E-state index contributed by atoms with van der Waals surface area (Å²) in [6.45, 7) is 1.80. The average Bonchev–Trinajstić information content (AvgIpc) is 3.00. The summed E-state index contributed by atoms with van der Waals surface area (Å²) in [4.78, 5) is 24.0. The Hall–Kier alpha value is -2.86. The first kappa shape index (κ1) is 21.4. The van der Waals surface area contributed by atoms with E-state index < -0.39 is 11.8 Å². The van der Waals surface area contributed by atoms with Crippen LogP contribution in [0.4, 0.5) is 4.39 Å². The molecule has 0 spiro atoms. The van der Waals surface area contributed by atoms with Crippen LogP contribution >= 0.6 is 11.6 Å². The molecule has 1 heterocycles. The van der Waals surface area contributed by atoms with Crippen LogP contribution in [0.25, 0.3) is 10.9 Å². The number of aromatic nitrogens is 1. The molecule has 0 aliphatic heterocycles. The Bertz CT molecular complexity index is 1170. The number of hydrogen-bond acceptors (Lipinski definition) is 2. The van der Waals surface area contributed by atoms with Crippen LogP contribution in [0, 0.1) is 12.7 Å². The lowest BCUT2D eigenvalue weighted by Crippen LogP contribution is -2.39. The van der Waals surface area contributed by atoms with E-state index in [9.17, 15) is 19.1 Å². The van der Waals surface area contributed by atoms with E-state index in [1.807, 2.05) is 31.2 Å². The second kappa shape index (κ2) is 8.71. The van der Waals surface area contributed by atoms with Crippen molar-refractivity contribution in [1.82, 2.24) is 9.88 Å². The van der Waals surface area contributed by atoms with E-state index in [1.54, 1.807) is 4.57 Å². The van der Waals surface area contributed by atoms with Crippen LogP contribution in [-0.2, 0) is 35.4 Å². The van der Waals surface area contributed by atoms with Crippen molar-refractivity contribution in [3.05, 3.63) is 69.6 Å². The zero-order valence-electron chi connectivity index (χ0n) is 17.3. The SMILES string of the molecule is Cc1ccccc1CCC(=O)N[C@H]1CCc2c(c3cc(F)cc(Cl)c3n2CC(=O)O)C1. The lowest BCUT2D eigenvalue weighted by molar-refractivity contribution is -0.137. The minimum atomic E-state index is -0.980. The molecule has 7 heteroatoms.